The van der Waals surface area contributed by atoms with Crippen LogP contribution in [0.2, 0.25) is 0 Å². The maximum absolute atomic E-state index is 4.39. The monoisotopic (exact) mass is 292 g/mol. The molecule has 2 aromatic rings. The largest absolute Gasteiger partial charge is 0.354 e. The molecule has 0 bridgehead atoms. The average Bonchev–Trinajstić information content (AvgIpc) is 2.29. The minimum atomic E-state index is 0.726. The van der Waals surface area contributed by atoms with Crippen molar-refractivity contribution in [2.75, 3.05) is 11.9 Å². The molecule has 2 heterocycles. The Morgan fingerprint density at radius 1 is 1.29 bits per heavy atom. The highest BCUT2D eigenvalue weighted by molar-refractivity contribution is 9.10. The van der Waals surface area contributed by atoms with Crippen molar-refractivity contribution in [2.45, 2.75) is 13.5 Å². The van der Waals surface area contributed by atoms with Gasteiger partial charge < -0.3 is 4.90 Å². The van der Waals surface area contributed by atoms with Crippen molar-refractivity contribution in [1.29, 1.82) is 0 Å². The van der Waals surface area contributed by atoms with E-state index in [0.29, 0.717) is 0 Å². The lowest BCUT2D eigenvalue weighted by atomic mass is 10.3. The molecule has 0 saturated heterocycles. The molecule has 0 unspecified atom stereocenters. The van der Waals surface area contributed by atoms with Crippen molar-refractivity contribution < 1.29 is 0 Å². The molecule has 0 spiro atoms. The van der Waals surface area contributed by atoms with Crippen molar-refractivity contribution in [2.24, 2.45) is 0 Å². The molecular formula is C12H13BrN4. The smallest absolute Gasteiger partial charge is 0.133 e. The molecule has 5 heteroatoms. The summed E-state index contributed by atoms with van der Waals surface area (Å²) in [6.45, 7) is 2.60. The first-order chi connectivity index (χ1) is 8.15. The van der Waals surface area contributed by atoms with Gasteiger partial charge in [0.15, 0.2) is 0 Å². The highest BCUT2D eigenvalue weighted by atomic mass is 79.9. The highest BCUT2D eigenvalue weighted by Crippen LogP contribution is 2.16. The summed E-state index contributed by atoms with van der Waals surface area (Å²) in [5, 5.41) is 0. The van der Waals surface area contributed by atoms with Crippen LogP contribution in [0.3, 0.4) is 0 Å². The molecule has 2 aromatic heterocycles. The second-order valence-electron chi connectivity index (χ2n) is 3.77. The fraction of sp³-hybridized carbons (Fsp3) is 0.250. The predicted octanol–water partition coefficient (Wildman–Crippen LogP) is 2.58. The van der Waals surface area contributed by atoms with Gasteiger partial charge in [0.05, 0.1) is 12.2 Å². The summed E-state index contributed by atoms with van der Waals surface area (Å²) in [4.78, 5) is 14.9. The summed E-state index contributed by atoms with van der Waals surface area (Å²) in [6, 6.07) is 7.79. The van der Waals surface area contributed by atoms with E-state index in [9.17, 15) is 0 Å². The van der Waals surface area contributed by atoms with Crippen molar-refractivity contribution in [1.82, 2.24) is 15.0 Å². The van der Waals surface area contributed by atoms with Crippen molar-refractivity contribution in [3.63, 3.8) is 0 Å². The summed E-state index contributed by atoms with van der Waals surface area (Å²) in [5.74, 6) is 1.64. The quantitative estimate of drug-likeness (QED) is 0.816. The second-order valence-corrected chi connectivity index (χ2v) is 4.59. The number of aryl methyl sites for hydroxylation is 1. The van der Waals surface area contributed by atoms with Gasteiger partial charge in [-0.15, -0.1) is 0 Å². The van der Waals surface area contributed by atoms with E-state index in [1.807, 2.05) is 43.1 Å². The normalized spacial score (nSPS) is 10.3. The van der Waals surface area contributed by atoms with Crippen LogP contribution in [0.25, 0.3) is 0 Å². The fourth-order valence-electron chi connectivity index (χ4n) is 1.53. The van der Waals surface area contributed by atoms with Crippen LogP contribution in [0.15, 0.2) is 35.1 Å². The zero-order valence-electron chi connectivity index (χ0n) is 9.76. The zero-order valence-corrected chi connectivity index (χ0v) is 11.3. The van der Waals surface area contributed by atoms with Crippen LogP contribution in [-0.4, -0.2) is 22.0 Å². The number of nitrogens with zero attached hydrogens (tertiary/aromatic N) is 4. The highest BCUT2D eigenvalue weighted by Gasteiger charge is 2.06. The van der Waals surface area contributed by atoms with Gasteiger partial charge in [0, 0.05) is 19.3 Å². The van der Waals surface area contributed by atoms with Crippen LogP contribution < -0.4 is 4.90 Å². The van der Waals surface area contributed by atoms with E-state index in [-0.39, 0.29) is 0 Å². The summed E-state index contributed by atoms with van der Waals surface area (Å²) in [6.07, 6.45) is 1.80. The van der Waals surface area contributed by atoms with E-state index in [1.165, 1.54) is 0 Å². The van der Waals surface area contributed by atoms with E-state index in [4.69, 9.17) is 0 Å². The Morgan fingerprint density at radius 2 is 2.12 bits per heavy atom. The van der Waals surface area contributed by atoms with Gasteiger partial charge in [-0.1, -0.05) is 6.07 Å². The molecule has 2 rings (SSSR count). The molecule has 0 aliphatic rings. The third-order valence-corrected chi connectivity index (χ3v) is 2.72. The summed E-state index contributed by atoms with van der Waals surface area (Å²) in [5.41, 5.74) is 1.02. The Bertz CT molecular complexity index is 481. The molecule has 88 valence electrons. The first-order valence-electron chi connectivity index (χ1n) is 5.27. The molecule has 0 fully saturated rings. The van der Waals surface area contributed by atoms with Crippen LogP contribution >= 0.6 is 15.9 Å². The van der Waals surface area contributed by atoms with Gasteiger partial charge in [0.25, 0.3) is 0 Å². The first-order valence-corrected chi connectivity index (χ1v) is 6.06. The van der Waals surface area contributed by atoms with Crippen molar-refractivity contribution in [3.8, 4) is 0 Å². The number of anilines is 1. The lowest BCUT2D eigenvalue weighted by Crippen LogP contribution is -2.19. The van der Waals surface area contributed by atoms with Gasteiger partial charge in [-0.25, -0.2) is 9.97 Å². The second kappa shape index (κ2) is 5.23. The Labute approximate surface area is 109 Å². The summed E-state index contributed by atoms with van der Waals surface area (Å²) < 4.78 is 0.799. The summed E-state index contributed by atoms with van der Waals surface area (Å²) in [7, 11) is 1.99. The molecule has 0 atom stereocenters. The summed E-state index contributed by atoms with van der Waals surface area (Å²) >= 11 is 3.37. The van der Waals surface area contributed by atoms with Crippen LogP contribution in [-0.2, 0) is 6.54 Å². The molecule has 0 aromatic carbocycles. The van der Waals surface area contributed by atoms with Crippen LogP contribution in [0, 0.1) is 6.92 Å². The fourth-order valence-corrected chi connectivity index (χ4v) is 1.99. The molecular weight excluding hydrogens is 280 g/mol. The van der Waals surface area contributed by atoms with Crippen molar-refractivity contribution >= 4 is 21.7 Å². The minimum Gasteiger partial charge on any atom is -0.354 e. The maximum Gasteiger partial charge on any atom is 0.133 e. The van der Waals surface area contributed by atoms with Gasteiger partial charge in [-0.05, 0) is 35.0 Å². The van der Waals surface area contributed by atoms with Crippen LogP contribution in [0.1, 0.15) is 11.5 Å². The Kier molecular flexibility index (Phi) is 3.68. The number of aromatic nitrogens is 3. The molecule has 0 saturated carbocycles. The van der Waals surface area contributed by atoms with E-state index in [0.717, 1.165) is 28.5 Å². The van der Waals surface area contributed by atoms with Gasteiger partial charge in [0.1, 0.15) is 16.2 Å². The van der Waals surface area contributed by atoms with Crippen LogP contribution in [0.5, 0.6) is 0 Å². The molecule has 4 nitrogen and oxygen atoms in total. The first kappa shape index (κ1) is 12.0. The van der Waals surface area contributed by atoms with E-state index in [1.54, 1.807) is 6.20 Å². The number of hydrogen-bond donors (Lipinski definition) is 0. The predicted molar refractivity (Wildman–Crippen MR) is 70.8 cm³/mol. The standard InChI is InChI=1S/C12H13BrN4/c1-9-15-11(13)7-12(16-9)17(2)8-10-5-3-4-6-14-10/h3-7H,8H2,1-2H3. The van der Waals surface area contributed by atoms with Gasteiger partial charge >= 0.3 is 0 Å². The van der Waals surface area contributed by atoms with Gasteiger partial charge in [-0.2, -0.15) is 0 Å². The third-order valence-electron chi connectivity index (χ3n) is 2.31. The number of halogens is 1. The lowest BCUT2D eigenvalue weighted by molar-refractivity contribution is 0.850. The van der Waals surface area contributed by atoms with E-state index < -0.39 is 0 Å². The third kappa shape index (κ3) is 3.23. The van der Waals surface area contributed by atoms with E-state index in [2.05, 4.69) is 30.9 Å². The van der Waals surface area contributed by atoms with Gasteiger partial charge in [0.2, 0.25) is 0 Å². The molecule has 0 radical (unpaired) electrons. The maximum atomic E-state index is 4.39. The van der Waals surface area contributed by atoms with Crippen LogP contribution in [0.4, 0.5) is 5.82 Å². The molecule has 17 heavy (non-hydrogen) atoms. The SMILES string of the molecule is Cc1nc(Br)cc(N(C)Cc2ccccn2)n1. The molecule has 0 aliphatic carbocycles. The minimum absolute atomic E-state index is 0.726. The zero-order chi connectivity index (χ0) is 12.3. The molecule has 0 aliphatic heterocycles. The Balaban J connectivity index is 2.17. The topological polar surface area (TPSA) is 41.9 Å². The van der Waals surface area contributed by atoms with Gasteiger partial charge in [-0.3, -0.25) is 4.98 Å². The Hall–Kier alpha value is -1.49. The molecule has 0 N–H and O–H groups in total. The Morgan fingerprint density at radius 3 is 2.76 bits per heavy atom. The van der Waals surface area contributed by atoms with Crippen molar-refractivity contribution in [3.05, 3.63) is 46.6 Å². The van der Waals surface area contributed by atoms with E-state index >= 15 is 0 Å². The number of hydrogen-bond acceptors (Lipinski definition) is 4. The number of pyridine rings is 1. The average molecular weight is 293 g/mol. The lowest BCUT2D eigenvalue weighted by Gasteiger charge is -2.18. The number of rotatable bonds is 3. The molecule has 0 amide bonds.